The van der Waals surface area contributed by atoms with Gasteiger partial charge in [0.15, 0.2) is 0 Å². The van der Waals surface area contributed by atoms with Crippen LogP contribution in [0.5, 0.6) is 0 Å². The molecule has 0 bridgehead atoms. The Hall–Kier alpha value is -0.830. The molecular formula is C9H16O3. The summed E-state index contributed by atoms with van der Waals surface area (Å²) >= 11 is 0. The highest BCUT2D eigenvalue weighted by Gasteiger charge is 2.18. The molecule has 0 N–H and O–H groups in total. The van der Waals surface area contributed by atoms with Crippen LogP contribution in [0, 0.1) is 5.92 Å². The van der Waals surface area contributed by atoms with Crippen LogP contribution in [-0.2, 0) is 14.6 Å². The van der Waals surface area contributed by atoms with E-state index in [0.29, 0.717) is 0 Å². The third-order valence-corrected chi connectivity index (χ3v) is 1.30. The van der Waals surface area contributed by atoms with Crippen LogP contribution in [0.2, 0.25) is 0 Å². The molecule has 0 unspecified atom stereocenters. The van der Waals surface area contributed by atoms with Gasteiger partial charge in [0.25, 0.3) is 0 Å². The smallest absolute Gasteiger partial charge is 0.297 e. The fourth-order valence-corrected chi connectivity index (χ4v) is 0.279. The minimum Gasteiger partial charge on any atom is -0.297 e. The topological polar surface area (TPSA) is 35.5 Å². The normalized spacial score (nSPS) is 11.4. The van der Waals surface area contributed by atoms with Gasteiger partial charge in [0.2, 0.25) is 0 Å². The Morgan fingerprint density at radius 2 is 2.00 bits per heavy atom. The molecule has 0 aliphatic carbocycles. The Kier molecular flexibility index (Phi) is 3.96. The van der Waals surface area contributed by atoms with E-state index in [1.54, 1.807) is 33.8 Å². The zero-order valence-electron chi connectivity index (χ0n) is 8.09. The van der Waals surface area contributed by atoms with E-state index in [1.165, 1.54) is 0 Å². The third-order valence-electron chi connectivity index (χ3n) is 1.30. The number of hydrogen-bond donors (Lipinski definition) is 0. The molecule has 0 spiro atoms. The summed E-state index contributed by atoms with van der Waals surface area (Å²) in [5.74, 6) is -0.546. The van der Waals surface area contributed by atoms with E-state index in [0.717, 1.165) is 0 Å². The summed E-state index contributed by atoms with van der Waals surface area (Å²) in [5.41, 5.74) is -0.620. The largest absolute Gasteiger partial charge is 0.344 e. The van der Waals surface area contributed by atoms with Crippen LogP contribution in [0.25, 0.3) is 0 Å². The highest BCUT2D eigenvalue weighted by molar-refractivity contribution is 5.70. The van der Waals surface area contributed by atoms with Gasteiger partial charge in [0.05, 0.1) is 5.92 Å². The molecule has 0 fully saturated rings. The van der Waals surface area contributed by atoms with Gasteiger partial charge in [-0.3, -0.25) is 4.89 Å². The maximum Gasteiger partial charge on any atom is 0.344 e. The molecule has 0 saturated heterocycles. The van der Waals surface area contributed by atoms with Gasteiger partial charge in [-0.2, -0.15) is 4.89 Å². The SMILES string of the molecule is C=CC(C)(C)OOC(=O)C(C)C. The number of carbonyl (C=O) groups excluding carboxylic acids is 1. The molecule has 3 nitrogen and oxygen atoms in total. The standard InChI is InChI=1S/C9H16O3/c1-6-9(4,5)12-11-8(10)7(2)3/h6-7H,1H2,2-5H3. The lowest BCUT2D eigenvalue weighted by Gasteiger charge is -2.18. The van der Waals surface area contributed by atoms with Crippen molar-refractivity contribution in [1.82, 2.24) is 0 Å². The predicted molar refractivity (Wildman–Crippen MR) is 46.3 cm³/mol. The highest BCUT2D eigenvalue weighted by Crippen LogP contribution is 2.11. The van der Waals surface area contributed by atoms with Crippen LogP contribution >= 0.6 is 0 Å². The second-order valence-corrected chi connectivity index (χ2v) is 3.45. The lowest BCUT2D eigenvalue weighted by atomic mass is 10.1. The van der Waals surface area contributed by atoms with Crippen LogP contribution in [-0.4, -0.2) is 11.6 Å². The van der Waals surface area contributed by atoms with Crippen molar-refractivity contribution in [2.24, 2.45) is 5.92 Å². The zero-order valence-corrected chi connectivity index (χ0v) is 8.09. The van der Waals surface area contributed by atoms with Gasteiger partial charge in [-0.15, -0.1) is 6.58 Å². The Morgan fingerprint density at radius 3 is 2.33 bits per heavy atom. The Bertz CT molecular complexity index is 171. The summed E-state index contributed by atoms with van der Waals surface area (Å²) in [7, 11) is 0. The maximum atomic E-state index is 10.9. The first kappa shape index (κ1) is 11.2. The molecule has 0 aromatic heterocycles. The molecule has 3 heteroatoms. The Balaban J connectivity index is 3.83. The maximum absolute atomic E-state index is 10.9. The van der Waals surface area contributed by atoms with Crippen LogP contribution in [0.4, 0.5) is 0 Å². The van der Waals surface area contributed by atoms with Gasteiger partial charge in [-0.1, -0.05) is 19.9 Å². The summed E-state index contributed by atoms with van der Waals surface area (Å²) in [5, 5.41) is 0. The first-order chi connectivity index (χ1) is 5.39. The van der Waals surface area contributed by atoms with Gasteiger partial charge in [-0.25, -0.2) is 4.79 Å². The van der Waals surface area contributed by atoms with E-state index in [9.17, 15) is 4.79 Å². The molecule has 0 rings (SSSR count). The summed E-state index contributed by atoms with van der Waals surface area (Å²) < 4.78 is 0. The molecule has 0 heterocycles. The molecule has 0 atom stereocenters. The van der Waals surface area contributed by atoms with Crippen LogP contribution in [0.15, 0.2) is 12.7 Å². The predicted octanol–water partition coefficient (Wildman–Crippen LogP) is 2.08. The van der Waals surface area contributed by atoms with E-state index >= 15 is 0 Å². The number of rotatable bonds is 4. The van der Waals surface area contributed by atoms with E-state index in [2.05, 4.69) is 11.5 Å². The second-order valence-electron chi connectivity index (χ2n) is 3.45. The van der Waals surface area contributed by atoms with Crippen molar-refractivity contribution in [3.63, 3.8) is 0 Å². The molecule has 0 aromatic carbocycles. The van der Waals surface area contributed by atoms with Crippen molar-refractivity contribution in [3.8, 4) is 0 Å². The van der Waals surface area contributed by atoms with Crippen molar-refractivity contribution in [3.05, 3.63) is 12.7 Å². The second kappa shape index (κ2) is 4.26. The van der Waals surface area contributed by atoms with Crippen LogP contribution in [0.3, 0.4) is 0 Å². The summed E-state index contributed by atoms with van der Waals surface area (Å²) in [6, 6.07) is 0. The molecule has 0 saturated carbocycles. The van der Waals surface area contributed by atoms with E-state index in [4.69, 9.17) is 4.89 Å². The van der Waals surface area contributed by atoms with E-state index in [1.807, 2.05) is 0 Å². The summed E-state index contributed by atoms with van der Waals surface area (Å²) in [4.78, 5) is 20.3. The zero-order chi connectivity index (χ0) is 9.78. The fraction of sp³-hybridized carbons (Fsp3) is 0.667. The number of carbonyl (C=O) groups is 1. The average Bonchev–Trinajstić information content (AvgIpc) is 2.00. The lowest BCUT2D eigenvalue weighted by Crippen LogP contribution is -2.24. The fourth-order valence-electron chi connectivity index (χ4n) is 0.279. The van der Waals surface area contributed by atoms with E-state index in [-0.39, 0.29) is 11.9 Å². The quantitative estimate of drug-likeness (QED) is 0.370. The van der Waals surface area contributed by atoms with E-state index < -0.39 is 5.60 Å². The van der Waals surface area contributed by atoms with Crippen molar-refractivity contribution < 1.29 is 14.6 Å². The summed E-state index contributed by atoms with van der Waals surface area (Å²) in [6.45, 7) is 10.5. The molecule has 0 aromatic rings. The van der Waals surface area contributed by atoms with Crippen molar-refractivity contribution in [2.45, 2.75) is 33.3 Å². The Morgan fingerprint density at radius 1 is 1.50 bits per heavy atom. The van der Waals surface area contributed by atoms with Crippen LogP contribution < -0.4 is 0 Å². The van der Waals surface area contributed by atoms with Gasteiger partial charge in [-0.05, 0) is 13.8 Å². The summed E-state index contributed by atoms with van der Waals surface area (Å²) in [6.07, 6.45) is 1.57. The Labute approximate surface area is 73.3 Å². The minimum atomic E-state index is -0.620. The van der Waals surface area contributed by atoms with Gasteiger partial charge in [0.1, 0.15) is 5.60 Å². The molecular weight excluding hydrogens is 156 g/mol. The van der Waals surface area contributed by atoms with Crippen LogP contribution in [0.1, 0.15) is 27.7 Å². The van der Waals surface area contributed by atoms with Crippen molar-refractivity contribution >= 4 is 5.97 Å². The van der Waals surface area contributed by atoms with Gasteiger partial charge < -0.3 is 0 Å². The molecule has 0 aliphatic rings. The highest BCUT2D eigenvalue weighted by atomic mass is 17.2. The molecule has 0 amide bonds. The van der Waals surface area contributed by atoms with Gasteiger partial charge in [0, 0.05) is 0 Å². The minimum absolute atomic E-state index is 0.175. The molecule has 0 radical (unpaired) electrons. The third kappa shape index (κ3) is 4.13. The first-order valence-corrected chi connectivity index (χ1v) is 3.92. The van der Waals surface area contributed by atoms with Crippen molar-refractivity contribution in [2.75, 3.05) is 0 Å². The number of hydrogen-bond acceptors (Lipinski definition) is 3. The molecule has 12 heavy (non-hydrogen) atoms. The monoisotopic (exact) mass is 172 g/mol. The van der Waals surface area contributed by atoms with Gasteiger partial charge >= 0.3 is 5.97 Å². The molecule has 70 valence electrons. The molecule has 0 aliphatic heterocycles. The average molecular weight is 172 g/mol. The van der Waals surface area contributed by atoms with Crippen molar-refractivity contribution in [1.29, 1.82) is 0 Å². The lowest BCUT2D eigenvalue weighted by molar-refractivity contribution is -0.314. The first-order valence-electron chi connectivity index (χ1n) is 3.92.